The summed E-state index contributed by atoms with van der Waals surface area (Å²) >= 11 is -0.0623. The Labute approximate surface area is 150 Å². The third-order valence-electron chi connectivity index (χ3n) is 3.09. The zero-order chi connectivity index (χ0) is 20.5. The average molecular weight is 413 g/mol. The molecule has 0 bridgehead atoms. The van der Waals surface area contributed by atoms with Gasteiger partial charge in [-0.2, -0.15) is 0 Å². The van der Waals surface area contributed by atoms with Gasteiger partial charge >= 0.3 is 5.97 Å². The summed E-state index contributed by atoms with van der Waals surface area (Å²) in [6.45, 7) is 0. The Morgan fingerprint density at radius 2 is 1.41 bits per heavy atom. The number of nitrogens with one attached hydrogen (secondary N) is 1. The lowest BCUT2D eigenvalue weighted by molar-refractivity contribution is -0.113. The second-order valence-electron chi connectivity index (χ2n) is 4.82. The van der Waals surface area contributed by atoms with Crippen LogP contribution in [0.25, 0.3) is 0 Å². The van der Waals surface area contributed by atoms with Crippen molar-refractivity contribution in [2.75, 3.05) is 11.1 Å². The van der Waals surface area contributed by atoms with E-state index in [9.17, 15) is 40.3 Å². The molecule has 0 radical (unpaired) electrons. The van der Waals surface area contributed by atoms with Crippen molar-refractivity contribution in [1.29, 1.82) is 0 Å². The van der Waals surface area contributed by atoms with Crippen molar-refractivity contribution in [2.24, 2.45) is 0 Å². The Hall–Kier alpha value is -2.76. The van der Waals surface area contributed by atoms with E-state index < -0.39 is 74.5 Å². The van der Waals surface area contributed by atoms with Gasteiger partial charge in [-0.15, -0.1) is 11.8 Å². The van der Waals surface area contributed by atoms with Crippen LogP contribution in [0, 0.1) is 40.7 Å². The van der Waals surface area contributed by atoms with Crippen LogP contribution >= 0.6 is 11.8 Å². The molecule has 1 amide bonds. The lowest BCUT2D eigenvalue weighted by atomic mass is 10.2. The minimum absolute atomic E-state index is 0.0623. The second kappa shape index (κ2) is 7.86. The normalized spacial score (nSPS) is 10.8. The SMILES string of the molecule is O=C(CSc1c(F)c(F)c(C(=O)O)c(F)c1F)Nc1ccc(F)c(F)c1F. The Morgan fingerprint density at radius 3 is 1.93 bits per heavy atom. The number of carbonyl (C=O) groups is 2. The van der Waals surface area contributed by atoms with Gasteiger partial charge in [0, 0.05) is 0 Å². The topological polar surface area (TPSA) is 66.4 Å². The van der Waals surface area contributed by atoms with E-state index in [2.05, 4.69) is 0 Å². The molecular weight excluding hydrogens is 407 g/mol. The molecular formula is C15H6F7NO3S. The molecule has 27 heavy (non-hydrogen) atoms. The minimum atomic E-state index is -2.24. The lowest BCUT2D eigenvalue weighted by Gasteiger charge is -2.10. The molecule has 0 heterocycles. The molecule has 12 heteroatoms. The van der Waals surface area contributed by atoms with Gasteiger partial charge in [0.25, 0.3) is 0 Å². The number of hydrogen-bond donors (Lipinski definition) is 2. The number of carboxylic acids is 1. The van der Waals surface area contributed by atoms with Gasteiger partial charge in [-0.1, -0.05) is 0 Å². The van der Waals surface area contributed by atoms with Gasteiger partial charge in [0.05, 0.1) is 16.3 Å². The predicted molar refractivity (Wildman–Crippen MR) is 78.9 cm³/mol. The summed E-state index contributed by atoms with van der Waals surface area (Å²) in [6.07, 6.45) is 0. The van der Waals surface area contributed by atoms with Crippen LogP contribution in [0.2, 0.25) is 0 Å². The van der Waals surface area contributed by atoms with Crippen molar-refractivity contribution in [3.63, 3.8) is 0 Å². The Bertz CT molecular complexity index is 923. The Morgan fingerprint density at radius 1 is 0.852 bits per heavy atom. The third-order valence-corrected chi connectivity index (χ3v) is 4.15. The number of hydrogen-bond acceptors (Lipinski definition) is 3. The highest BCUT2D eigenvalue weighted by molar-refractivity contribution is 8.00. The number of rotatable bonds is 5. The molecule has 2 aromatic rings. The number of amides is 1. The van der Waals surface area contributed by atoms with E-state index in [1.165, 1.54) is 0 Å². The fourth-order valence-corrected chi connectivity index (χ4v) is 2.65. The standard InChI is InChI=1S/C15H6F7NO3S/c16-4-1-2-5(9(18)8(4)17)23-6(24)3-27-14-12(21)10(19)7(15(25)26)11(20)13(14)22/h1-2H,3H2,(H,23,24)(H,25,26). The van der Waals surface area contributed by atoms with Gasteiger partial charge in [-0.05, 0) is 12.1 Å². The molecule has 0 aliphatic heterocycles. The molecule has 0 aliphatic carbocycles. The molecule has 0 aliphatic rings. The molecule has 0 atom stereocenters. The van der Waals surface area contributed by atoms with Crippen molar-refractivity contribution >= 4 is 29.3 Å². The molecule has 0 aromatic heterocycles. The van der Waals surface area contributed by atoms with Crippen molar-refractivity contribution in [3.05, 3.63) is 58.4 Å². The molecule has 0 saturated heterocycles. The van der Waals surface area contributed by atoms with E-state index >= 15 is 0 Å². The number of aromatic carboxylic acids is 1. The van der Waals surface area contributed by atoms with Crippen LogP contribution in [-0.4, -0.2) is 22.7 Å². The van der Waals surface area contributed by atoms with Gasteiger partial charge < -0.3 is 10.4 Å². The van der Waals surface area contributed by atoms with E-state index in [0.717, 1.165) is 0 Å². The Balaban J connectivity index is 2.21. The summed E-state index contributed by atoms with van der Waals surface area (Å²) in [5, 5.41) is 10.3. The molecule has 0 spiro atoms. The zero-order valence-electron chi connectivity index (χ0n) is 12.7. The molecule has 0 saturated carbocycles. The first kappa shape index (κ1) is 20.6. The maximum atomic E-state index is 13.8. The number of halogens is 7. The van der Waals surface area contributed by atoms with Crippen LogP contribution in [0.5, 0.6) is 0 Å². The molecule has 144 valence electrons. The summed E-state index contributed by atoms with van der Waals surface area (Å²) in [5.74, 6) is -17.9. The maximum absolute atomic E-state index is 13.8. The average Bonchev–Trinajstić information content (AvgIpc) is 2.60. The second-order valence-corrected chi connectivity index (χ2v) is 5.81. The number of carboxylic acid groups (broad SMARTS) is 1. The first-order chi connectivity index (χ1) is 12.6. The predicted octanol–water partition coefficient (Wildman–Crippen LogP) is 4.09. The van der Waals surface area contributed by atoms with E-state index in [4.69, 9.17) is 5.11 Å². The first-order valence-corrected chi connectivity index (χ1v) is 7.70. The van der Waals surface area contributed by atoms with Crippen molar-refractivity contribution < 1.29 is 45.4 Å². The van der Waals surface area contributed by atoms with Crippen LogP contribution < -0.4 is 5.32 Å². The molecule has 4 nitrogen and oxygen atoms in total. The van der Waals surface area contributed by atoms with E-state index in [1.54, 1.807) is 5.32 Å². The monoisotopic (exact) mass is 413 g/mol. The maximum Gasteiger partial charge on any atom is 0.341 e. The summed E-state index contributed by atoms with van der Waals surface area (Å²) in [7, 11) is 0. The molecule has 0 fully saturated rings. The third kappa shape index (κ3) is 3.99. The number of carbonyl (C=O) groups excluding carboxylic acids is 1. The molecule has 2 rings (SSSR count). The quantitative estimate of drug-likeness (QED) is 0.336. The van der Waals surface area contributed by atoms with E-state index in [0.29, 0.717) is 12.1 Å². The molecule has 2 N–H and O–H groups in total. The van der Waals surface area contributed by atoms with Crippen LogP contribution in [-0.2, 0) is 4.79 Å². The van der Waals surface area contributed by atoms with Crippen LogP contribution in [0.1, 0.15) is 10.4 Å². The van der Waals surface area contributed by atoms with Gasteiger partial charge in [0.2, 0.25) is 5.91 Å². The summed E-state index contributed by atoms with van der Waals surface area (Å²) < 4.78 is 93.9. The zero-order valence-corrected chi connectivity index (χ0v) is 13.5. The van der Waals surface area contributed by atoms with Crippen LogP contribution in [0.3, 0.4) is 0 Å². The van der Waals surface area contributed by atoms with Gasteiger partial charge in [0.1, 0.15) is 5.56 Å². The summed E-state index contributed by atoms with van der Waals surface area (Å²) in [5.41, 5.74) is -2.62. The van der Waals surface area contributed by atoms with Crippen molar-refractivity contribution in [3.8, 4) is 0 Å². The highest BCUT2D eigenvalue weighted by Crippen LogP contribution is 2.32. The lowest BCUT2D eigenvalue weighted by Crippen LogP contribution is -2.17. The van der Waals surface area contributed by atoms with Crippen LogP contribution in [0.15, 0.2) is 17.0 Å². The highest BCUT2D eigenvalue weighted by Gasteiger charge is 2.29. The molecule has 2 aromatic carbocycles. The summed E-state index contributed by atoms with van der Waals surface area (Å²) in [4.78, 5) is 21.0. The van der Waals surface area contributed by atoms with E-state index in [1.807, 2.05) is 0 Å². The van der Waals surface area contributed by atoms with Gasteiger partial charge in [-0.3, -0.25) is 4.79 Å². The van der Waals surface area contributed by atoms with Crippen molar-refractivity contribution in [1.82, 2.24) is 0 Å². The van der Waals surface area contributed by atoms with E-state index in [-0.39, 0.29) is 11.8 Å². The number of benzene rings is 2. The largest absolute Gasteiger partial charge is 0.477 e. The summed E-state index contributed by atoms with van der Waals surface area (Å²) in [6, 6.07) is 1.19. The number of thioether (sulfide) groups is 1. The van der Waals surface area contributed by atoms with Gasteiger partial charge in [-0.25, -0.2) is 35.5 Å². The highest BCUT2D eigenvalue weighted by atomic mass is 32.2. The number of anilines is 1. The van der Waals surface area contributed by atoms with Gasteiger partial charge in [0.15, 0.2) is 40.7 Å². The molecule has 0 unspecified atom stereocenters. The fourth-order valence-electron chi connectivity index (χ4n) is 1.87. The fraction of sp³-hybridized carbons (Fsp3) is 0.0667. The minimum Gasteiger partial charge on any atom is -0.477 e. The van der Waals surface area contributed by atoms with Crippen LogP contribution in [0.4, 0.5) is 36.4 Å². The first-order valence-electron chi connectivity index (χ1n) is 6.71. The van der Waals surface area contributed by atoms with Crippen molar-refractivity contribution in [2.45, 2.75) is 4.90 Å². The smallest absolute Gasteiger partial charge is 0.341 e. The Kier molecular flexibility index (Phi) is 5.98.